The summed E-state index contributed by atoms with van der Waals surface area (Å²) in [7, 11) is 0. The van der Waals surface area contributed by atoms with Gasteiger partial charge in [-0.2, -0.15) is 0 Å². The van der Waals surface area contributed by atoms with Crippen LogP contribution in [0.15, 0.2) is 72.9 Å². The number of nitrogens with zero attached hydrogens (tertiary/aromatic N) is 2. The molecule has 0 amide bonds. The summed E-state index contributed by atoms with van der Waals surface area (Å²) in [6.45, 7) is 2.69. The minimum atomic E-state index is -1.11. The van der Waals surface area contributed by atoms with Gasteiger partial charge in [0.2, 0.25) is 0 Å². The Hall–Kier alpha value is -3.46. The van der Waals surface area contributed by atoms with Gasteiger partial charge in [-0.05, 0) is 67.8 Å². The predicted molar refractivity (Wildman–Crippen MR) is 140 cm³/mol. The standard InChI is InChI=1S/C21H25ClN2O3.C7H6O3/c22-17-8-6-16(7-9-17)21(19-4-1-2-12-23-19)27-18-10-14-24(15-11-18)13-3-5-20(25)26;8-6-4-2-1-3-5(6)7(9)10/h1-2,4,6-9,12,18,21H,3,5,10-11,13-15H2,(H,25,26);1-4,8H,(H,9,10)/t21-;/m1./s1. The van der Waals surface area contributed by atoms with E-state index in [1.807, 2.05) is 42.5 Å². The fraction of sp³-hybridized carbons (Fsp3) is 0.321. The lowest BCUT2D eigenvalue weighted by atomic mass is 10.0. The summed E-state index contributed by atoms with van der Waals surface area (Å²) in [6.07, 6.45) is 4.52. The average Bonchev–Trinajstić information content (AvgIpc) is 2.89. The van der Waals surface area contributed by atoms with E-state index in [9.17, 15) is 9.59 Å². The molecule has 1 fully saturated rings. The lowest BCUT2D eigenvalue weighted by molar-refractivity contribution is -0.137. The molecule has 1 saturated heterocycles. The Morgan fingerprint density at radius 2 is 1.68 bits per heavy atom. The molecule has 0 bridgehead atoms. The maximum atomic E-state index is 10.7. The van der Waals surface area contributed by atoms with Crippen LogP contribution in [0.5, 0.6) is 5.75 Å². The first-order valence-electron chi connectivity index (χ1n) is 12.1. The van der Waals surface area contributed by atoms with E-state index in [0.29, 0.717) is 11.4 Å². The van der Waals surface area contributed by atoms with Gasteiger partial charge >= 0.3 is 11.9 Å². The van der Waals surface area contributed by atoms with Crippen LogP contribution in [0.1, 0.15) is 53.4 Å². The molecule has 3 aromatic rings. The Kier molecular flexibility index (Phi) is 10.9. The van der Waals surface area contributed by atoms with Gasteiger partial charge in [0.15, 0.2) is 0 Å². The van der Waals surface area contributed by atoms with Gasteiger partial charge in [0, 0.05) is 30.7 Å². The third kappa shape index (κ3) is 9.17. The smallest absolute Gasteiger partial charge is 0.339 e. The Morgan fingerprint density at radius 3 is 2.24 bits per heavy atom. The number of aliphatic carboxylic acids is 1. The zero-order valence-electron chi connectivity index (χ0n) is 20.4. The maximum absolute atomic E-state index is 10.7. The molecule has 8 nitrogen and oxygen atoms in total. The van der Waals surface area contributed by atoms with Crippen molar-refractivity contribution in [2.45, 2.75) is 37.9 Å². The van der Waals surface area contributed by atoms with Crippen LogP contribution in [0.2, 0.25) is 5.02 Å². The topological polar surface area (TPSA) is 120 Å². The number of hydrogen-bond acceptors (Lipinski definition) is 6. The molecule has 1 aromatic heterocycles. The molecule has 37 heavy (non-hydrogen) atoms. The zero-order chi connectivity index (χ0) is 26.6. The molecule has 196 valence electrons. The molecular formula is C28H31ClN2O6. The van der Waals surface area contributed by atoms with Crippen LogP contribution in [0.25, 0.3) is 0 Å². The number of aromatic carboxylic acids is 1. The Labute approximate surface area is 221 Å². The highest BCUT2D eigenvalue weighted by molar-refractivity contribution is 6.30. The van der Waals surface area contributed by atoms with Gasteiger partial charge in [-0.25, -0.2) is 4.79 Å². The molecule has 2 aromatic carbocycles. The molecule has 0 unspecified atom stereocenters. The zero-order valence-corrected chi connectivity index (χ0v) is 21.1. The van der Waals surface area contributed by atoms with E-state index in [-0.39, 0.29) is 29.9 Å². The van der Waals surface area contributed by atoms with Crippen molar-refractivity contribution >= 4 is 23.5 Å². The summed E-state index contributed by atoms with van der Waals surface area (Å²) >= 11 is 6.03. The minimum Gasteiger partial charge on any atom is -0.507 e. The maximum Gasteiger partial charge on any atom is 0.339 e. The second kappa shape index (κ2) is 14.3. The third-order valence-electron chi connectivity index (χ3n) is 5.99. The predicted octanol–water partition coefficient (Wildman–Crippen LogP) is 5.26. The van der Waals surface area contributed by atoms with Gasteiger partial charge in [0.05, 0.1) is 11.8 Å². The molecule has 1 aliphatic heterocycles. The normalized spacial score (nSPS) is 14.8. The van der Waals surface area contributed by atoms with Crippen LogP contribution < -0.4 is 0 Å². The third-order valence-corrected chi connectivity index (χ3v) is 6.24. The molecule has 0 saturated carbocycles. The number of aromatic hydroxyl groups is 1. The summed E-state index contributed by atoms with van der Waals surface area (Å²) in [5, 5.41) is 26.8. The van der Waals surface area contributed by atoms with E-state index < -0.39 is 11.9 Å². The quantitative estimate of drug-likeness (QED) is 0.345. The van der Waals surface area contributed by atoms with Gasteiger partial charge in [0.25, 0.3) is 0 Å². The molecule has 1 atom stereocenters. The summed E-state index contributed by atoms with van der Waals surface area (Å²) in [5.41, 5.74) is 1.87. The number of pyridine rings is 1. The number of piperidine rings is 1. The van der Waals surface area contributed by atoms with Crippen molar-refractivity contribution < 1.29 is 29.6 Å². The number of halogens is 1. The SMILES string of the molecule is O=C(O)CCCN1CCC(O[C@H](c2ccc(Cl)cc2)c2ccccn2)CC1.O=C(O)c1ccccc1O. The van der Waals surface area contributed by atoms with Crippen molar-refractivity contribution in [3.8, 4) is 5.75 Å². The van der Waals surface area contributed by atoms with Crippen molar-refractivity contribution in [1.82, 2.24) is 9.88 Å². The minimum absolute atomic E-state index is 0.0671. The first-order chi connectivity index (χ1) is 17.8. The number of carboxylic acid groups (broad SMARTS) is 2. The molecule has 0 radical (unpaired) electrons. The van der Waals surface area contributed by atoms with Crippen LogP contribution in [0.4, 0.5) is 0 Å². The highest BCUT2D eigenvalue weighted by atomic mass is 35.5. The fourth-order valence-electron chi connectivity index (χ4n) is 4.06. The average molecular weight is 527 g/mol. The molecule has 4 rings (SSSR count). The van der Waals surface area contributed by atoms with Crippen LogP contribution in [0, 0.1) is 0 Å². The van der Waals surface area contributed by atoms with Gasteiger partial charge in [-0.1, -0.05) is 41.9 Å². The number of carbonyl (C=O) groups is 2. The Morgan fingerprint density at radius 1 is 1.00 bits per heavy atom. The van der Waals surface area contributed by atoms with Crippen LogP contribution >= 0.6 is 11.6 Å². The summed E-state index contributed by atoms with van der Waals surface area (Å²) in [5.74, 6) is -2.04. The number of para-hydroxylation sites is 1. The van der Waals surface area contributed by atoms with Gasteiger partial charge in [-0.3, -0.25) is 9.78 Å². The van der Waals surface area contributed by atoms with Crippen molar-refractivity contribution in [2.24, 2.45) is 0 Å². The Bertz CT molecular complexity index is 1130. The van der Waals surface area contributed by atoms with E-state index in [1.165, 1.54) is 12.1 Å². The summed E-state index contributed by atoms with van der Waals surface area (Å²) in [4.78, 5) is 27.7. The van der Waals surface area contributed by atoms with E-state index in [4.69, 9.17) is 31.7 Å². The number of benzene rings is 2. The van der Waals surface area contributed by atoms with E-state index in [1.54, 1.807) is 18.3 Å². The molecule has 2 heterocycles. The number of ether oxygens (including phenoxy) is 1. The van der Waals surface area contributed by atoms with Gasteiger partial charge in [0.1, 0.15) is 17.4 Å². The first-order valence-corrected chi connectivity index (χ1v) is 12.5. The lowest BCUT2D eigenvalue weighted by Crippen LogP contribution is -2.38. The monoisotopic (exact) mass is 526 g/mol. The van der Waals surface area contributed by atoms with E-state index >= 15 is 0 Å². The van der Waals surface area contributed by atoms with Crippen molar-refractivity contribution in [3.05, 3.63) is 94.8 Å². The highest BCUT2D eigenvalue weighted by Crippen LogP contribution is 2.29. The molecule has 1 aliphatic rings. The number of aromatic nitrogens is 1. The Balaban J connectivity index is 0.000000319. The highest BCUT2D eigenvalue weighted by Gasteiger charge is 2.25. The van der Waals surface area contributed by atoms with Gasteiger partial charge in [-0.15, -0.1) is 0 Å². The first kappa shape index (κ1) is 28.1. The summed E-state index contributed by atoms with van der Waals surface area (Å²) < 4.78 is 6.47. The van der Waals surface area contributed by atoms with Crippen LogP contribution in [-0.2, 0) is 9.53 Å². The molecule has 9 heteroatoms. The second-order valence-corrected chi connectivity index (χ2v) is 9.12. The number of rotatable bonds is 9. The second-order valence-electron chi connectivity index (χ2n) is 8.68. The lowest BCUT2D eigenvalue weighted by Gasteiger charge is -2.34. The van der Waals surface area contributed by atoms with Crippen molar-refractivity contribution in [3.63, 3.8) is 0 Å². The van der Waals surface area contributed by atoms with Crippen LogP contribution in [0.3, 0.4) is 0 Å². The van der Waals surface area contributed by atoms with E-state index in [2.05, 4.69) is 9.88 Å². The fourth-order valence-corrected chi connectivity index (χ4v) is 4.18. The molecule has 3 N–H and O–H groups in total. The number of hydrogen-bond donors (Lipinski definition) is 3. The molecule has 0 spiro atoms. The van der Waals surface area contributed by atoms with E-state index in [0.717, 1.165) is 43.7 Å². The summed E-state index contributed by atoms with van der Waals surface area (Å²) in [6, 6.07) is 19.4. The van der Waals surface area contributed by atoms with Crippen molar-refractivity contribution in [1.29, 1.82) is 0 Å². The van der Waals surface area contributed by atoms with Crippen LogP contribution in [-0.4, -0.2) is 62.9 Å². The number of carboxylic acids is 2. The largest absolute Gasteiger partial charge is 0.507 e. The molecule has 0 aliphatic carbocycles. The van der Waals surface area contributed by atoms with Gasteiger partial charge < -0.3 is 25.0 Å². The van der Waals surface area contributed by atoms with Crippen molar-refractivity contribution in [2.75, 3.05) is 19.6 Å². The molecular weight excluding hydrogens is 496 g/mol. The number of phenols is 1. The number of likely N-dealkylation sites (tertiary alicyclic amines) is 1.